The maximum Gasteiger partial charge on any atom is 0.223 e. The number of aryl methyl sites for hydroxylation is 2. The summed E-state index contributed by atoms with van der Waals surface area (Å²) in [7, 11) is 0. The number of hydrogen-bond donors (Lipinski definition) is 1. The second-order valence-corrected chi connectivity index (χ2v) is 3.73. The third kappa shape index (κ3) is 2.46. The lowest BCUT2D eigenvalue weighted by atomic mass is 10.1. The molecule has 0 aliphatic heterocycles. The van der Waals surface area contributed by atoms with Crippen LogP contribution in [0.5, 0.6) is 0 Å². The SMILES string of the molecule is Cc1nc(-c2ccc(CCCN)cc2)no1. The summed E-state index contributed by atoms with van der Waals surface area (Å²) >= 11 is 0. The predicted octanol–water partition coefficient (Wildman–Crippen LogP) is 1.94. The van der Waals surface area contributed by atoms with Gasteiger partial charge in [-0.3, -0.25) is 0 Å². The Balaban J connectivity index is 2.13. The van der Waals surface area contributed by atoms with Crippen LogP contribution in [-0.2, 0) is 6.42 Å². The lowest BCUT2D eigenvalue weighted by Gasteiger charge is -2.00. The van der Waals surface area contributed by atoms with Gasteiger partial charge < -0.3 is 10.3 Å². The molecule has 0 spiro atoms. The highest BCUT2D eigenvalue weighted by Crippen LogP contribution is 2.16. The van der Waals surface area contributed by atoms with Gasteiger partial charge >= 0.3 is 0 Å². The van der Waals surface area contributed by atoms with E-state index in [1.54, 1.807) is 6.92 Å². The Bertz CT molecular complexity index is 448. The van der Waals surface area contributed by atoms with Crippen molar-refractivity contribution in [3.05, 3.63) is 35.7 Å². The Kier molecular flexibility index (Phi) is 3.31. The van der Waals surface area contributed by atoms with Gasteiger partial charge in [0.05, 0.1) is 0 Å². The van der Waals surface area contributed by atoms with E-state index in [2.05, 4.69) is 22.3 Å². The van der Waals surface area contributed by atoms with Crippen LogP contribution in [0.3, 0.4) is 0 Å². The van der Waals surface area contributed by atoms with Crippen LogP contribution in [0.4, 0.5) is 0 Å². The highest BCUT2D eigenvalue weighted by Gasteiger charge is 2.04. The fourth-order valence-electron chi connectivity index (χ4n) is 1.54. The molecule has 2 aromatic rings. The molecule has 0 aliphatic carbocycles. The zero-order valence-corrected chi connectivity index (χ0v) is 9.31. The lowest BCUT2D eigenvalue weighted by Crippen LogP contribution is -2.00. The van der Waals surface area contributed by atoms with Crippen LogP contribution in [0.15, 0.2) is 28.8 Å². The van der Waals surface area contributed by atoms with Crippen molar-refractivity contribution in [1.82, 2.24) is 10.1 Å². The highest BCUT2D eigenvalue weighted by molar-refractivity contribution is 5.54. The Morgan fingerprint density at radius 1 is 1.25 bits per heavy atom. The van der Waals surface area contributed by atoms with Gasteiger partial charge in [0, 0.05) is 12.5 Å². The molecule has 4 nitrogen and oxygen atoms in total. The van der Waals surface area contributed by atoms with Crippen molar-refractivity contribution in [2.75, 3.05) is 6.54 Å². The maximum atomic E-state index is 5.47. The molecule has 2 rings (SSSR count). The zero-order valence-electron chi connectivity index (χ0n) is 9.31. The van der Waals surface area contributed by atoms with E-state index in [9.17, 15) is 0 Å². The number of nitrogens with zero attached hydrogens (tertiary/aromatic N) is 2. The molecule has 1 aromatic heterocycles. The van der Waals surface area contributed by atoms with Crippen molar-refractivity contribution < 1.29 is 4.52 Å². The van der Waals surface area contributed by atoms with E-state index < -0.39 is 0 Å². The molecular formula is C12H15N3O. The molecule has 0 aliphatic rings. The van der Waals surface area contributed by atoms with Gasteiger partial charge in [0.25, 0.3) is 0 Å². The van der Waals surface area contributed by atoms with Gasteiger partial charge in [-0.05, 0) is 24.9 Å². The van der Waals surface area contributed by atoms with E-state index in [0.717, 1.165) is 24.9 Å². The molecule has 0 amide bonds. The van der Waals surface area contributed by atoms with Crippen LogP contribution in [0.2, 0.25) is 0 Å². The second kappa shape index (κ2) is 4.90. The van der Waals surface area contributed by atoms with Crippen molar-refractivity contribution in [3.63, 3.8) is 0 Å². The minimum atomic E-state index is 0.585. The van der Waals surface area contributed by atoms with E-state index in [4.69, 9.17) is 10.3 Å². The van der Waals surface area contributed by atoms with Gasteiger partial charge in [0.15, 0.2) is 0 Å². The van der Waals surface area contributed by atoms with Crippen LogP contribution in [0.25, 0.3) is 11.4 Å². The van der Waals surface area contributed by atoms with Crippen LogP contribution in [-0.4, -0.2) is 16.7 Å². The smallest absolute Gasteiger partial charge is 0.223 e. The maximum absolute atomic E-state index is 5.47. The average Bonchev–Trinajstić information content (AvgIpc) is 2.74. The van der Waals surface area contributed by atoms with Gasteiger partial charge in [-0.15, -0.1) is 0 Å². The number of nitrogens with two attached hydrogens (primary N) is 1. The lowest BCUT2D eigenvalue weighted by molar-refractivity contribution is 0.394. The minimum Gasteiger partial charge on any atom is -0.339 e. The molecule has 4 heteroatoms. The topological polar surface area (TPSA) is 64.9 Å². The normalized spacial score (nSPS) is 10.6. The van der Waals surface area contributed by atoms with Crippen molar-refractivity contribution in [3.8, 4) is 11.4 Å². The summed E-state index contributed by atoms with van der Waals surface area (Å²) in [5.41, 5.74) is 7.73. The number of rotatable bonds is 4. The first-order valence-electron chi connectivity index (χ1n) is 5.39. The summed E-state index contributed by atoms with van der Waals surface area (Å²) in [4.78, 5) is 4.17. The van der Waals surface area contributed by atoms with Gasteiger partial charge in [-0.25, -0.2) is 0 Å². The third-order valence-corrected chi connectivity index (χ3v) is 2.41. The average molecular weight is 217 g/mol. The molecule has 0 bridgehead atoms. The van der Waals surface area contributed by atoms with Gasteiger partial charge in [-0.2, -0.15) is 4.98 Å². The zero-order chi connectivity index (χ0) is 11.4. The van der Waals surface area contributed by atoms with Gasteiger partial charge in [0.2, 0.25) is 11.7 Å². The first kappa shape index (κ1) is 10.8. The fraction of sp³-hybridized carbons (Fsp3) is 0.333. The number of aromatic nitrogens is 2. The molecule has 2 N–H and O–H groups in total. The third-order valence-electron chi connectivity index (χ3n) is 2.41. The molecular weight excluding hydrogens is 202 g/mol. The Morgan fingerprint density at radius 2 is 2.00 bits per heavy atom. The van der Waals surface area contributed by atoms with E-state index >= 15 is 0 Å². The summed E-state index contributed by atoms with van der Waals surface area (Å²) in [6.45, 7) is 2.51. The van der Waals surface area contributed by atoms with E-state index in [-0.39, 0.29) is 0 Å². The molecule has 0 atom stereocenters. The van der Waals surface area contributed by atoms with E-state index in [1.807, 2.05) is 12.1 Å². The van der Waals surface area contributed by atoms with E-state index in [1.165, 1.54) is 5.56 Å². The molecule has 1 aromatic carbocycles. The second-order valence-electron chi connectivity index (χ2n) is 3.73. The first-order valence-corrected chi connectivity index (χ1v) is 5.39. The monoisotopic (exact) mass is 217 g/mol. The quantitative estimate of drug-likeness (QED) is 0.849. The predicted molar refractivity (Wildman–Crippen MR) is 61.8 cm³/mol. The summed E-state index contributed by atoms with van der Waals surface area (Å²) in [6.07, 6.45) is 2.03. The Hall–Kier alpha value is -1.68. The fourth-order valence-corrected chi connectivity index (χ4v) is 1.54. The van der Waals surface area contributed by atoms with Crippen molar-refractivity contribution in [2.45, 2.75) is 19.8 Å². The molecule has 0 fully saturated rings. The summed E-state index contributed by atoms with van der Waals surface area (Å²) in [6, 6.07) is 8.18. The largest absolute Gasteiger partial charge is 0.339 e. The summed E-state index contributed by atoms with van der Waals surface area (Å²) in [5.74, 6) is 1.23. The number of benzene rings is 1. The molecule has 0 saturated heterocycles. The Labute approximate surface area is 94.5 Å². The standard InChI is InChI=1S/C12H15N3O/c1-9-14-12(15-16-9)11-6-4-10(5-7-11)3-2-8-13/h4-7H,2-3,8,13H2,1H3. The molecule has 0 saturated carbocycles. The Morgan fingerprint density at radius 3 is 2.56 bits per heavy atom. The van der Waals surface area contributed by atoms with Crippen molar-refractivity contribution in [1.29, 1.82) is 0 Å². The van der Waals surface area contributed by atoms with Crippen molar-refractivity contribution in [2.24, 2.45) is 5.73 Å². The van der Waals surface area contributed by atoms with Crippen LogP contribution in [0, 0.1) is 6.92 Å². The van der Waals surface area contributed by atoms with Gasteiger partial charge in [0.1, 0.15) is 0 Å². The molecule has 0 radical (unpaired) electrons. The van der Waals surface area contributed by atoms with Crippen LogP contribution >= 0.6 is 0 Å². The van der Waals surface area contributed by atoms with Crippen LogP contribution < -0.4 is 5.73 Å². The molecule has 84 valence electrons. The summed E-state index contributed by atoms with van der Waals surface area (Å²) in [5, 5.41) is 3.87. The van der Waals surface area contributed by atoms with E-state index in [0.29, 0.717) is 11.7 Å². The minimum absolute atomic E-state index is 0.585. The van der Waals surface area contributed by atoms with Crippen LogP contribution in [0.1, 0.15) is 17.9 Å². The first-order chi connectivity index (χ1) is 7.79. The van der Waals surface area contributed by atoms with Gasteiger partial charge in [-0.1, -0.05) is 29.4 Å². The van der Waals surface area contributed by atoms with Crippen molar-refractivity contribution >= 4 is 0 Å². The summed E-state index contributed by atoms with van der Waals surface area (Å²) < 4.78 is 4.94. The molecule has 16 heavy (non-hydrogen) atoms. The highest BCUT2D eigenvalue weighted by atomic mass is 16.5. The number of hydrogen-bond acceptors (Lipinski definition) is 4. The molecule has 1 heterocycles. The molecule has 0 unspecified atom stereocenters.